The summed E-state index contributed by atoms with van der Waals surface area (Å²) in [4.78, 5) is 22.2. The molecule has 0 bridgehead atoms. The van der Waals surface area contributed by atoms with E-state index in [1.165, 1.54) is 41.3 Å². The maximum Gasteiger partial charge on any atom is 0.257 e. The lowest BCUT2D eigenvalue weighted by Crippen LogP contribution is -2.33. The normalized spacial score (nSPS) is 11.7. The summed E-state index contributed by atoms with van der Waals surface area (Å²) in [6.45, 7) is 5.41. The molecule has 168 valence electrons. The third-order valence-electron chi connectivity index (χ3n) is 4.78. The minimum Gasteiger partial charge on any atom is -0.322 e. The highest BCUT2D eigenvalue weighted by Gasteiger charge is 2.25. The topological polar surface area (TPSA) is 92.3 Å². The van der Waals surface area contributed by atoms with Crippen LogP contribution in [0.15, 0.2) is 69.8 Å². The van der Waals surface area contributed by atoms with Crippen LogP contribution in [0.5, 0.6) is 0 Å². The van der Waals surface area contributed by atoms with Gasteiger partial charge in [-0.05, 0) is 80.6 Å². The number of rotatable bonds is 7. The van der Waals surface area contributed by atoms with Crippen LogP contribution in [0, 0.1) is 6.92 Å². The Labute approximate surface area is 197 Å². The van der Waals surface area contributed by atoms with Crippen molar-refractivity contribution in [1.82, 2.24) is 14.3 Å². The molecule has 3 aromatic rings. The van der Waals surface area contributed by atoms with Crippen molar-refractivity contribution in [3.8, 4) is 0 Å². The van der Waals surface area contributed by atoms with E-state index in [4.69, 9.17) is 11.6 Å². The second kappa shape index (κ2) is 9.99. The fraction of sp³-hybridized carbons (Fsp3) is 0.227. The molecular formula is C22H23ClN4O3S2. The van der Waals surface area contributed by atoms with Crippen LogP contribution in [0.4, 0.5) is 5.69 Å². The molecular weight excluding hydrogens is 468 g/mol. The Kier molecular flexibility index (Phi) is 7.55. The predicted molar refractivity (Wildman–Crippen MR) is 127 cm³/mol. The Balaban J connectivity index is 1.83. The fourth-order valence-corrected chi connectivity index (χ4v) is 5.16. The van der Waals surface area contributed by atoms with Gasteiger partial charge in [0.05, 0.1) is 15.5 Å². The maximum absolute atomic E-state index is 12.9. The van der Waals surface area contributed by atoms with Crippen LogP contribution < -0.4 is 5.32 Å². The number of sulfonamides is 1. The summed E-state index contributed by atoms with van der Waals surface area (Å²) >= 11 is 7.63. The van der Waals surface area contributed by atoms with E-state index in [9.17, 15) is 13.2 Å². The first-order valence-corrected chi connectivity index (χ1v) is 12.4. The van der Waals surface area contributed by atoms with Crippen molar-refractivity contribution in [2.75, 3.05) is 12.4 Å². The standard InChI is InChI=1S/C22H23ClN4O3S2/c1-14(2)27(4)32(29,30)17-7-8-19(23)18(13-17)21(28)26-20-9-6-16(12-15(20)3)31-22-24-10-5-11-25-22/h5-14H,1-4H3,(H,26,28). The van der Waals surface area contributed by atoms with Crippen LogP contribution in [0.2, 0.25) is 5.02 Å². The summed E-state index contributed by atoms with van der Waals surface area (Å²) in [7, 11) is -2.25. The number of nitrogens with one attached hydrogen (secondary N) is 1. The number of nitrogens with zero attached hydrogens (tertiary/aromatic N) is 3. The zero-order chi connectivity index (χ0) is 23.5. The molecule has 1 N–H and O–H groups in total. The second-order valence-corrected chi connectivity index (χ2v) is 10.8. The number of anilines is 1. The Bertz CT molecular complexity index is 1240. The molecule has 0 fully saturated rings. The van der Waals surface area contributed by atoms with E-state index in [0.29, 0.717) is 10.8 Å². The lowest BCUT2D eigenvalue weighted by Gasteiger charge is -2.21. The summed E-state index contributed by atoms with van der Waals surface area (Å²) in [5.41, 5.74) is 1.51. The van der Waals surface area contributed by atoms with Crippen molar-refractivity contribution in [1.29, 1.82) is 0 Å². The van der Waals surface area contributed by atoms with Crippen LogP contribution in [0.3, 0.4) is 0 Å². The van der Waals surface area contributed by atoms with Crippen molar-refractivity contribution in [3.05, 3.63) is 71.0 Å². The highest BCUT2D eigenvalue weighted by Crippen LogP contribution is 2.29. The van der Waals surface area contributed by atoms with E-state index < -0.39 is 15.9 Å². The van der Waals surface area contributed by atoms with Gasteiger partial charge in [0.2, 0.25) is 10.0 Å². The van der Waals surface area contributed by atoms with Gasteiger partial charge in [-0.1, -0.05) is 11.6 Å². The van der Waals surface area contributed by atoms with Gasteiger partial charge in [0, 0.05) is 36.1 Å². The van der Waals surface area contributed by atoms with Crippen molar-refractivity contribution in [3.63, 3.8) is 0 Å². The predicted octanol–water partition coefficient (Wildman–Crippen LogP) is 4.87. The van der Waals surface area contributed by atoms with E-state index in [1.807, 2.05) is 19.1 Å². The van der Waals surface area contributed by atoms with E-state index >= 15 is 0 Å². The van der Waals surface area contributed by atoms with E-state index in [0.717, 1.165) is 10.5 Å². The number of halogens is 1. The molecule has 32 heavy (non-hydrogen) atoms. The number of benzene rings is 2. The summed E-state index contributed by atoms with van der Waals surface area (Å²) in [5, 5.41) is 3.61. The number of hydrogen-bond acceptors (Lipinski definition) is 6. The molecule has 0 saturated carbocycles. The molecule has 0 aliphatic carbocycles. The Hall–Kier alpha value is -2.46. The van der Waals surface area contributed by atoms with Gasteiger partial charge in [-0.3, -0.25) is 4.79 Å². The van der Waals surface area contributed by atoms with Gasteiger partial charge in [-0.25, -0.2) is 18.4 Å². The number of hydrogen-bond donors (Lipinski definition) is 1. The first-order chi connectivity index (χ1) is 15.1. The molecule has 1 aromatic heterocycles. The van der Waals surface area contributed by atoms with Gasteiger partial charge >= 0.3 is 0 Å². The molecule has 2 aromatic carbocycles. The highest BCUT2D eigenvalue weighted by atomic mass is 35.5. The van der Waals surface area contributed by atoms with E-state index in [-0.39, 0.29) is 21.5 Å². The Morgan fingerprint density at radius 2 is 1.81 bits per heavy atom. The van der Waals surface area contributed by atoms with E-state index in [2.05, 4.69) is 15.3 Å². The third-order valence-corrected chi connectivity index (χ3v) is 8.03. The summed E-state index contributed by atoms with van der Waals surface area (Å²) in [6, 6.07) is 11.2. The number of amides is 1. The zero-order valence-electron chi connectivity index (χ0n) is 18.0. The van der Waals surface area contributed by atoms with Crippen LogP contribution >= 0.6 is 23.4 Å². The van der Waals surface area contributed by atoms with Crippen LogP contribution in [-0.4, -0.2) is 41.7 Å². The summed E-state index contributed by atoms with van der Waals surface area (Å²) < 4.78 is 26.8. The third kappa shape index (κ3) is 5.47. The number of carbonyl (C=O) groups excluding carboxylic acids is 1. The molecule has 0 aliphatic rings. The minimum atomic E-state index is -3.75. The molecule has 7 nitrogen and oxygen atoms in total. The summed E-state index contributed by atoms with van der Waals surface area (Å²) in [6.07, 6.45) is 3.35. The van der Waals surface area contributed by atoms with Crippen molar-refractivity contribution < 1.29 is 13.2 Å². The Morgan fingerprint density at radius 3 is 2.44 bits per heavy atom. The van der Waals surface area contributed by atoms with Gasteiger partial charge < -0.3 is 5.32 Å². The average Bonchev–Trinajstić information content (AvgIpc) is 2.75. The fourth-order valence-electron chi connectivity index (χ4n) is 2.76. The molecule has 0 atom stereocenters. The van der Waals surface area contributed by atoms with E-state index in [1.54, 1.807) is 38.4 Å². The number of aryl methyl sites for hydroxylation is 1. The quantitative estimate of drug-likeness (QED) is 0.475. The monoisotopic (exact) mass is 490 g/mol. The lowest BCUT2D eigenvalue weighted by atomic mass is 10.1. The minimum absolute atomic E-state index is 0.00887. The van der Waals surface area contributed by atoms with Crippen molar-refractivity contribution in [2.24, 2.45) is 0 Å². The number of carbonyl (C=O) groups is 1. The molecule has 1 amide bonds. The average molecular weight is 491 g/mol. The van der Waals surface area contributed by atoms with Crippen LogP contribution in [0.25, 0.3) is 0 Å². The maximum atomic E-state index is 12.9. The Morgan fingerprint density at radius 1 is 1.12 bits per heavy atom. The smallest absolute Gasteiger partial charge is 0.257 e. The molecule has 0 aliphatic heterocycles. The van der Waals surface area contributed by atoms with Gasteiger partial charge in [-0.2, -0.15) is 4.31 Å². The molecule has 0 spiro atoms. The van der Waals surface area contributed by atoms with Gasteiger partial charge in [0.15, 0.2) is 5.16 Å². The van der Waals surface area contributed by atoms with Crippen LogP contribution in [0.1, 0.15) is 29.8 Å². The number of aromatic nitrogens is 2. The summed E-state index contributed by atoms with van der Waals surface area (Å²) in [5.74, 6) is -0.492. The second-order valence-electron chi connectivity index (χ2n) is 7.32. The van der Waals surface area contributed by atoms with Crippen molar-refractivity contribution in [2.45, 2.75) is 41.8 Å². The largest absolute Gasteiger partial charge is 0.322 e. The van der Waals surface area contributed by atoms with Gasteiger partial charge in [-0.15, -0.1) is 0 Å². The molecule has 10 heteroatoms. The van der Waals surface area contributed by atoms with Gasteiger partial charge in [0.25, 0.3) is 5.91 Å². The molecule has 0 saturated heterocycles. The highest BCUT2D eigenvalue weighted by molar-refractivity contribution is 7.99. The van der Waals surface area contributed by atoms with Crippen molar-refractivity contribution >= 4 is 45.0 Å². The first kappa shape index (κ1) is 24.2. The first-order valence-electron chi connectivity index (χ1n) is 9.74. The molecule has 0 radical (unpaired) electrons. The van der Waals surface area contributed by atoms with Gasteiger partial charge in [0.1, 0.15) is 0 Å². The van der Waals surface area contributed by atoms with Crippen LogP contribution in [-0.2, 0) is 10.0 Å². The zero-order valence-corrected chi connectivity index (χ0v) is 20.4. The molecule has 3 rings (SSSR count). The molecule has 1 heterocycles. The SMILES string of the molecule is Cc1cc(Sc2ncccn2)ccc1NC(=O)c1cc(S(=O)(=O)N(C)C(C)C)ccc1Cl. The lowest BCUT2D eigenvalue weighted by molar-refractivity contribution is 0.102. The molecule has 0 unspecified atom stereocenters.